The number of aryl methyl sites for hydroxylation is 2. The standard InChI is InChI=1S/C20H23N5O3S/c1-12-9-13(2)17-14(10-12)22-20(29-17)25-7-5-24(6-8-25)18(26)15-11-16(27-3)23-19(21-15)28-4/h9-11H,5-8H2,1-4H3. The predicted molar refractivity (Wildman–Crippen MR) is 112 cm³/mol. The molecule has 152 valence electrons. The zero-order valence-corrected chi connectivity index (χ0v) is 17.7. The molecule has 0 spiro atoms. The maximum Gasteiger partial charge on any atom is 0.320 e. The van der Waals surface area contributed by atoms with Gasteiger partial charge in [0, 0.05) is 32.2 Å². The van der Waals surface area contributed by atoms with Crippen LogP contribution in [0.3, 0.4) is 0 Å². The summed E-state index contributed by atoms with van der Waals surface area (Å²) < 4.78 is 11.4. The number of ether oxygens (including phenoxy) is 2. The van der Waals surface area contributed by atoms with Gasteiger partial charge in [-0.2, -0.15) is 9.97 Å². The molecule has 1 saturated heterocycles. The summed E-state index contributed by atoms with van der Waals surface area (Å²) in [5, 5.41) is 1.01. The fourth-order valence-electron chi connectivity index (χ4n) is 3.47. The Hall–Kier alpha value is -2.94. The Kier molecular flexibility index (Phi) is 5.23. The van der Waals surface area contributed by atoms with E-state index >= 15 is 0 Å². The normalized spacial score (nSPS) is 14.3. The minimum absolute atomic E-state index is 0.117. The topological polar surface area (TPSA) is 80.7 Å². The van der Waals surface area contributed by atoms with E-state index in [9.17, 15) is 4.79 Å². The van der Waals surface area contributed by atoms with Crippen molar-refractivity contribution in [1.29, 1.82) is 0 Å². The number of hydrogen-bond donors (Lipinski definition) is 0. The van der Waals surface area contributed by atoms with Gasteiger partial charge in [-0.3, -0.25) is 4.79 Å². The average molecular weight is 414 g/mol. The third-order valence-electron chi connectivity index (χ3n) is 4.94. The van der Waals surface area contributed by atoms with Crippen LogP contribution in [0.2, 0.25) is 0 Å². The number of carbonyl (C=O) groups is 1. The first-order valence-corrected chi connectivity index (χ1v) is 10.2. The monoisotopic (exact) mass is 413 g/mol. The minimum Gasteiger partial charge on any atom is -0.481 e. The lowest BCUT2D eigenvalue weighted by Crippen LogP contribution is -2.49. The van der Waals surface area contributed by atoms with Crippen LogP contribution >= 0.6 is 11.3 Å². The number of piperazine rings is 1. The van der Waals surface area contributed by atoms with Crippen molar-refractivity contribution in [3.8, 4) is 11.9 Å². The molecule has 0 aliphatic carbocycles. The van der Waals surface area contributed by atoms with Crippen LogP contribution in [-0.2, 0) is 0 Å². The number of amides is 1. The van der Waals surface area contributed by atoms with E-state index in [1.165, 1.54) is 36.1 Å². The number of thiazole rings is 1. The first-order chi connectivity index (χ1) is 14.0. The highest BCUT2D eigenvalue weighted by atomic mass is 32.1. The van der Waals surface area contributed by atoms with E-state index in [-0.39, 0.29) is 17.6 Å². The second-order valence-corrected chi connectivity index (χ2v) is 7.97. The predicted octanol–water partition coefficient (Wildman–Crippen LogP) is 2.68. The highest BCUT2D eigenvalue weighted by Gasteiger charge is 2.26. The summed E-state index contributed by atoms with van der Waals surface area (Å²) in [6.45, 7) is 6.86. The highest BCUT2D eigenvalue weighted by molar-refractivity contribution is 7.22. The largest absolute Gasteiger partial charge is 0.481 e. The van der Waals surface area contributed by atoms with Gasteiger partial charge in [0.2, 0.25) is 5.88 Å². The molecule has 3 aromatic rings. The Bertz CT molecular complexity index is 1040. The van der Waals surface area contributed by atoms with Gasteiger partial charge in [-0.25, -0.2) is 4.98 Å². The second kappa shape index (κ2) is 7.82. The maximum atomic E-state index is 12.9. The number of hydrogen-bond acceptors (Lipinski definition) is 8. The van der Waals surface area contributed by atoms with Crippen molar-refractivity contribution in [2.75, 3.05) is 45.3 Å². The van der Waals surface area contributed by atoms with Crippen LogP contribution in [0.25, 0.3) is 10.2 Å². The summed E-state index contributed by atoms with van der Waals surface area (Å²) in [4.78, 5) is 30.0. The van der Waals surface area contributed by atoms with E-state index in [1.807, 2.05) is 0 Å². The van der Waals surface area contributed by atoms with Crippen LogP contribution in [-0.4, -0.2) is 66.2 Å². The maximum absolute atomic E-state index is 12.9. The molecule has 4 rings (SSSR count). The summed E-state index contributed by atoms with van der Waals surface area (Å²) in [6, 6.07) is 5.96. The van der Waals surface area contributed by atoms with E-state index in [4.69, 9.17) is 14.5 Å². The Labute approximate surface area is 173 Å². The average Bonchev–Trinajstić information content (AvgIpc) is 3.17. The molecule has 2 aromatic heterocycles. The fraction of sp³-hybridized carbons (Fsp3) is 0.400. The molecule has 1 aromatic carbocycles. The molecular formula is C20H23N5O3S. The van der Waals surface area contributed by atoms with E-state index in [1.54, 1.807) is 16.2 Å². The molecule has 29 heavy (non-hydrogen) atoms. The van der Waals surface area contributed by atoms with Crippen LogP contribution in [0.15, 0.2) is 18.2 Å². The molecule has 1 amide bonds. The lowest BCUT2D eigenvalue weighted by Gasteiger charge is -2.34. The molecule has 1 aliphatic rings. The lowest BCUT2D eigenvalue weighted by molar-refractivity contribution is 0.0739. The van der Waals surface area contributed by atoms with Gasteiger partial charge in [0.25, 0.3) is 5.91 Å². The summed E-state index contributed by atoms with van der Waals surface area (Å²) in [5.74, 6) is 0.151. The molecule has 0 N–H and O–H groups in total. The highest BCUT2D eigenvalue weighted by Crippen LogP contribution is 2.32. The molecule has 0 unspecified atom stereocenters. The Balaban J connectivity index is 1.48. The Morgan fingerprint density at radius 3 is 2.45 bits per heavy atom. The number of nitrogens with zero attached hydrogens (tertiary/aromatic N) is 5. The first-order valence-electron chi connectivity index (χ1n) is 9.37. The molecule has 0 saturated carbocycles. The number of carbonyl (C=O) groups excluding carboxylic acids is 1. The minimum atomic E-state index is -0.153. The van der Waals surface area contributed by atoms with Gasteiger partial charge in [0.15, 0.2) is 5.13 Å². The van der Waals surface area contributed by atoms with Crippen LogP contribution in [0.5, 0.6) is 11.9 Å². The van der Waals surface area contributed by atoms with Gasteiger partial charge < -0.3 is 19.3 Å². The van der Waals surface area contributed by atoms with Crippen molar-refractivity contribution < 1.29 is 14.3 Å². The van der Waals surface area contributed by atoms with Crippen molar-refractivity contribution in [2.24, 2.45) is 0 Å². The van der Waals surface area contributed by atoms with Gasteiger partial charge >= 0.3 is 6.01 Å². The molecule has 1 fully saturated rings. The molecule has 0 radical (unpaired) electrons. The molecule has 8 nitrogen and oxygen atoms in total. The lowest BCUT2D eigenvalue weighted by atomic mass is 10.1. The third kappa shape index (κ3) is 3.82. The third-order valence-corrected chi connectivity index (χ3v) is 6.21. The van der Waals surface area contributed by atoms with Gasteiger partial charge in [-0.05, 0) is 31.0 Å². The van der Waals surface area contributed by atoms with Crippen molar-refractivity contribution in [1.82, 2.24) is 19.9 Å². The van der Waals surface area contributed by atoms with Crippen LogP contribution in [0, 0.1) is 13.8 Å². The summed E-state index contributed by atoms with van der Waals surface area (Å²) in [5.41, 5.74) is 3.79. The van der Waals surface area contributed by atoms with Gasteiger partial charge in [0.1, 0.15) is 5.69 Å². The SMILES string of the molecule is COc1cc(C(=O)N2CCN(c3nc4cc(C)cc(C)c4s3)CC2)nc(OC)n1. The number of rotatable bonds is 4. The molecule has 0 bridgehead atoms. The van der Waals surface area contributed by atoms with Crippen LogP contribution in [0.4, 0.5) is 5.13 Å². The zero-order chi connectivity index (χ0) is 20.5. The Morgan fingerprint density at radius 2 is 1.76 bits per heavy atom. The molecule has 1 aliphatic heterocycles. The van der Waals surface area contributed by atoms with Crippen molar-refractivity contribution in [2.45, 2.75) is 13.8 Å². The molecule has 0 atom stereocenters. The number of benzene rings is 1. The molecular weight excluding hydrogens is 390 g/mol. The van der Waals surface area contributed by atoms with Crippen molar-refractivity contribution in [3.05, 3.63) is 35.0 Å². The van der Waals surface area contributed by atoms with E-state index in [0.717, 1.165) is 23.7 Å². The second-order valence-electron chi connectivity index (χ2n) is 6.99. The number of anilines is 1. The zero-order valence-electron chi connectivity index (χ0n) is 16.9. The van der Waals surface area contributed by atoms with Crippen LogP contribution < -0.4 is 14.4 Å². The summed E-state index contributed by atoms with van der Waals surface area (Å²) >= 11 is 1.71. The fourth-order valence-corrected chi connectivity index (χ4v) is 4.54. The van der Waals surface area contributed by atoms with Gasteiger partial charge in [0.05, 0.1) is 24.4 Å². The van der Waals surface area contributed by atoms with E-state index < -0.39 is 0 Å². The van der Waals surface area contributed by atoms with Gasteiger partial charge in [-0.15, -0.1) is 0 Å². The van der Waals surface area contributed by atoms with E-state index in [0.29, 0.717) is 19.0 Å². The summed E-state index contributed by atoms with van der Waals surface area (Å²) in [6.07, 6.45) is 0. The van der Waals surface area contributed by atoms with Crippen molar-refractivity contribution in [3.63, 3.8) is 0 Å². The quantitative estimate of drug-likeness (QED) is 0.650. The Morgan fingerprint density at radius 1 is 1.00 bits per heavy atom. The number of aromatic nitrogens is 3. The number of fused-ring (bicyclic) bond motifs is 1. The molecule has 9 heteroatoms. The van der Waals surface area contributed by atoms with Crippen LogP contribution in [0.1, 0.15) is 21.6 Å². The van der Waals surface area contributed by atoms with E-state index in [2.05, 4.69) is 40.8 Å². The first kappa shape index (κ1) is 19.4. The number of methoxy groups -OCH3 is 2. The van der Waals surface area contributed by atoms with Gasteiger partial charge in [-0.1, -0.05) is 17.4 Å². The summed E-state index contributed by atoms with van der Waals surface area (Å²) in [7, 11) is 2.96. The van der Waals surface area contributed by atoms with Crippen molar-refractivity contribution >= 4 is 32.6 Å². The molecule has 3 heterocycles. The smallest absolute Gasteiger partial charge is 0.320 e.